The van der Waals surface area contributed by atoms with Gasteiger partial charge in [0.1, 0.15) is 0 Å². The molecule has 0 aromatic heterocycles. The van der Waals surface area contributed by atoms with E-state index in [2.05, 4.69) is 0 Å². The van der Waals surface area contributed by atoms with E-state index in [1.165, 1.54) is 42.7 Å². The van der Waals surface area contributed by atoms with Crippen LogP contribution in [0.2, 0.25) is 12.1 Å². The molecule has 0 aliphatic heterocycles. The second kappa shape index (κ2) is 14.2. The molecule has 13 heteroatoms. The fourth-order valence-electron chi connectivity index (χ4n) is 2.96. The lowest BCUT2D eigenvalue weighted by Crippen LogP contribution is -2.42. The van der Waals surface area contributed by atoms with E-state index >= 15 is 0 Å². The van der Waals surface area contributed by atoms with Gasteiger partial charge in [0.2, 0.25) is 10.5 Å². The Morgan fingerprint density at radius 3 is 1.34 bits per heavy atom. The number of carboxylic acid groups (broad SMARTS) is 1. The van der Waals surface area contributed by atoms with E-state index in [1.54, 1.807) is 0 Å². The second-order valence-corrected chi connectivity index (χ2v) is 12.6. The number of rotatable bonds is 16. The zero-order chi connectivity index (χ0) is 22.5. The highest BCUT2D eigenvalue weighted by molar-refractivity contribution is 6.60. The average molecular weight is 471 g/mol. The molecule has 0 spiro atoms. The van der Waals surface area contributed by atoms with Crippen LogP contribution in [0.5, 0.6) is 0 Å². The molecule has 1 N–H and O–H groups in total. The topological polar surface area (TPSA) is 119 Å². The van der Waals surface area contributed by atoms with Gasteiger partial charge in [-0.15, -0.1) is 0 Å². The van der Waals surface area contributed by atoms with Crippen LogP contribution in [0.1, 0.15) is 25.7 Å². The SMILES string of the molecule is CO[Si](CCCC(C(=O)O)=C(CCC[Si](OC)(OC)OC)C(=O)O[SiH3])(OC)OC. The normalized spacial score (nSPS) is 13.3. The number of carbonyl (C=O) groups excluding carboxylic acids is 1. The van der Waals surface area contributed by atoms with E-state index in [0.29, 0.717) is 24.9 Å². The molecule has 29 heavy (non-hydrogen) atoms. The first kappa shape index (κ1) is 28.1. The number of carboxylic acids is 1. The number of carbonyl (C=O) groups is 2. The van der Waals surface area contributed by atoms with E-state index in [0.717, 1.165) is 0 Å². The van der Waals surface area contributed by atoms with Crippen LogP contribution in [-0.4, -0.2) is 87.8 Å². The van der Waals surface area contributed by atoms with Crippen molar-refractivity contribution in [2.24, 2.45) is 0 Å². The molecule has 0 saturated heterocycles. The molecular formula is C16H34O10Si3. The van der Waals surface area contributed by atoms with Gasteiger partial charge in [0.15, 0.2) is 0 Å². The van der Waals surface area contributed by atoms with E-state index in [9.17, 15) is 14.7 Å². The highest BCUT2D eigenvalue weighted by Gasteiger charge is 2.38. The van der Waals surface area contributed by atoms with Crippen LogP contribution < -0.4 is 0 Å². The molecule has 0 fully saturated rings. The van der Waals surface area contributed by atoms with Gasteiger partial charge in [-0.05, 0) is 25.7 Å². The minimum Gasteiger partial charge on any atom is -0.525 e. The molecule has 0 rings (SSSR count). The molecule has 0 aliphatic carbocycles. The maximum Gasteiger partial charge on any atom is 0.500 e. The lowest BCUT2D eigenvalue weighted by atomic mass is 10.00. The summed E-state index contributed by atoms with van der Waals surface area (Å²) in [6, 6.07) is 0.859. The molecule has 0 amide bonds. The highest BCUT2D eigenvalue weighted by Crippen LogP contribution is 2.25. The van der Waals surface area contributed by atoms with Gasteiger partial charge >= 0.3 is 29.5 Å². The zero-order valence-corrected chi connectivity index (χ0v) is 22.4. The smallest absolute Gasteiger partial charge is 0.500 e. The van der Waals surface area contributed by atoms with Crippen molar-refractivity contribution < 1.29 is 45.7 Å². The Morgan fingerprint density at radius 2 is 1.07 bits per heavy atom. The Balaban J connectivity index is 5.42. The molecule has 0 aromatic rings. The Bertz CT molecular complexity index is 531. The van der Waals surface area contributed by atoms with E-state index in [4.69, 9.17) is 31.0 Å². The first-order valence-electron chi connectivity index (χ1n) is 9.08. The lowest BCUT2D eigenvalue weighted by Gasteiger charge is -2.25. The zero-order valence-electron chi connectivity index (χ0n) is 18.4. The standard InChI is InChI=1S/C16H34O10Si3/c1-20-28(21-2,22-3)11-7-9-13(15(17)18)14(16(19)26-27)10-8-12-29(23-4,24-5)25-6/h7-12H2,1-6,27H3,(H,17,18). The van der Waals surface area contributed by atoms with Crippen molar-refractivity contribution in [3.05, 3.63) is 11.1 Å². The summed E-state index contributed by atoms with van der Waals surface area (Å²) in [5, 5.41) is 9.68. The predicted molar refractivity (Wildman–Crippen MR) is 112 cm³/mol. The summed E-state index contributed by atoms with van der Waals surface area (Å²) in [5.74, 6) is -1.76. The molecule has 170 valence electrons. The molecule has 0 aromatic carbocycles. The Kier molecular flexibility index (Phi) is 13.7. The van der Waals surface area contributed by atoms with Gasteiger partial charge in [0.05, 0.1) is 0 Å². The van der Waals surface area contributed by atoms with Crippen LogP contribution in [0, 0.1) is 0 Å². The fourth-order valence-corrected chi connectivity index (χ4v) is 6.65. The molecule has 0 saturated carbocycles. The number of hydrogen-bond acceptors (Lipinski definition) is 9. The monoisotopic (exact) mass is 470 g/mol. The largest absolute Gasteiger partial charge is 0.525 e. The average Bonchev–Trinajstić information content (AvgIpc) is 2.75. The molecular weight excluding hydrogens is 436 g/mol. The summed E-state index contributed by atoms with van der Waals surface area (Å²) in [7, 11) is 3.52. The van der Waals surface area contributed by atoms with E-state index in [1.807, 2.05) is 0 Å². The molecule has 0 unspecified atom stereocenters. The number of aliphatic carboxylic acids is 1. The third kappa shape index (κ3) is 8.39. The van der Waals surface area contributed by atoms with Crippen LogP contribution in [0.25, 0.3) is 0 Å². The quantitative estimate of drug-likeness (QED) is 0.252. The van der Waals surface area contributed by atoms with Crippen LogP contribution in [0.4, 0.5) is 0 Å². The second-order valence-electron chi connectivity index (χ2n) is 6.05. The van der Waals surface area contributed by atoms with Crippen molar-refractivity contribution in [2.45, 2.75) is 37.8 Å². The summed E-state index contributed by atoms with van der Waals surface area (Å²) in [6.45, 7) is 0. The molecule has 0 radical (unpaired) electrons. The molecule has 10 nitrogen and oxygen atoms in total. The van der Waals surface area contributed by atoms with Gasteiger partial charge in [-0.25, -0.2) is 9.59 Å². The number of hydrogen-bond donors (Lipinski definition) is 1. The van der Waals surface area contributed by atoms with Gasteiger partial charge in [-0.3, -0.25) is 0 Å². The summed E-state index contributed by atoms with van der Waals surface area (Å²) in [5.41, 5.74) is 0.176. The Labute approximate surface area is 177 Å². The Hall–Kier alpha value is -0.909. The summed E-state index contributed by atoms with van der Waals surface area (Å²) in [6.07, 6.45) is 1.26. The third-order valence-electron chi connectivity index (χ3n) is 4.74. The first-order valence-corrected chi connectivity index (χ1v) is 13.8. The van der Waals surface area contributed by atoms with Gasteiger partial charge in [-0.1, -0.05) is 0 Å². The van der Waals surface area contributed by atoms with E-state index < -0.39 is 29.5 Å². The van der Waals surface area contributed by atoms with Crippen molar-refractivity contribution in [1.82, 2.24) is 0 Å². The first-order chi connectivity index (χ1) is 13.7. The van der Waals surface area contributed by atoms with Gasteiger partial charge < -0.3 is 36.1 Å². The highest BCUT2D eigenvalue weighted by atomic mass is 28.4. The summed E-state index contributed by atoms with van der Waals surface area (Å²) in [4.78, 5) is 24.1. The molecule has 0 heterocycles. The van der Waals surface area contributed by atoms with Gasteiger partial charge in [-0.2, -0.15) is 0 Å². The molecule has 0 bridgehead atoms. The third-order valence-corrected chi connectivity index (χ3v) is 10.8. The minimum absolute atomic E-state index is 0.0246. The van der Waals surface area contributed by atoms with Crippen molar-refractivity contribution in [3.8, 4) is 0 Å². The maximum absolute atomic E-state index is 12.3. The minimum atomic E-state index is -2.82. The van der Waals surface area contributed by atoms with Crippen molar-refractivity contribution >= 4 is 40.0 Å². The molecule has 0 atom stereocenters. The van der Waals surface area contributed by atoms with Crippen molar-refractivity contribution in [1.29, 1.82) is 0 Å². The van der Waals surface area contributed by atoms with Crippen LogP contribution in [0.3, 0.4) is 0 Å². The molecule has 0 aliphatic rings. The van der Waals surface area contributed by atoms with Crippen LogP contribution in [0.15, 0.2) is 11.1 Å². The predicted octanol–water partition coefficient (Wildman–Crippen LogP) is 0.508. The summed E-state index contributed by atoms with van der Waals surface area (Å²) < 4.78 is 37.1. The van der Waals surface area contributed by atoms with Gasteiger partial charge in [0.25, 0.3) is 0 Å². The van der Waals surface area contributed by atoms with E-state index in [-0.39, 0.29) is 34.5 Å². The van der Waals surface area contributed by atoms with Crippen molar-refractivity contribution in [2.75, 3.05) is 42.7 Å². The van der Waals surface area contributed by atoms with Crippen LogP contribution >= 0.6 is 0 Å². The fraction of sp³-hybridized carbons (Fsp3) is 0.750. The Morgan fingerprint density at radius 1 is 0.724 bits per heavy atom. The maximum atomic E-state index is 12.3. The van der Waals surface area contributed by atoms with Crippen molar-refractivity contribution in [3.63, 3.8) is 0 Å². The van der Waals surface area contributed by atoms with Crippen LogP contribution in [-0.2, 0) is 40.6 Å². The lowest BCUT2D eigenvalue weighted by molar-refractivity contribution is -0.135. The summed E-state index contributed by atoms with van der Waals surface area (Å²) >= 11 is 0. The van der Waals surface area contributed by atoms with Gasteiger partial charge in [0, 0.05) is 65.9 Å².